The monoisotopic (exact) mass is 265 g/mol. The van der Waals surface area contributed by atoms with E-state index in [0.29, 0.717) is 11.6 Å². The molecule has 0 aliphatic carbocycles. The van der Waals surface area contributed by atoms with Gasteiger partial charge in [-0.2, -0.15) is 0 Å². The Morgan fingerprint density at radius 1 is 1.53 bits per heavy atom. The number of thioether (sulfide) groups is 1. The van der Waals surface area contributed by atoms with E-state index in [9.17, 15) is 0 Å². The molecule has 0 fully saturated rings. The summed E-state index contributed by atoms with van der Waals surface area (Å²) in [5, 5.41) is 11.3. The van der Waals surface area contributed by atoms with Crippen LogP contribution in [-0.4, -0.2) is 16.7 Å². The first-order chi connectivity index (χ1) is 8.38. The summed E-state index contributed by atoms with van der Waals surface area (Å²) >= 11 is 3.24. The van der Waals surface area contributed by atoms with Crippen LogP contribution < -0.4 is 0 Å². The molecule has 2 aromatic rings. The van der Waals surface area contributed by atoms with Crippen molar-refractivity contribution in [1.82, 2.24) is 4.98 Å². The van der Waals surface area contributed by atoms with Gasteiger partial charge in [-0.25, -0.2) is 4.98 Å². The summed E-state index contributed by atoms with van der Waals surface area (Å²) in [7, 11) is 0. The van der Waals surface area contributed by atoms with E-state index < -0.39 is 0 Å². The topological polar surface area (TPSA) is 46.3 Å². The fraction of sp³-hybridized carbons (Fsp3) is 0.250. The predicted octanol–water partition coefficient (Wildman–Crippen LogP) is 2.76. The first-order valence-electron chi connectivity index (χ1n) is 5.08. The third-order valence-corrected chi connectivity index (χ3v) is 3.89. The molecule has 0 radical (unpaired) electrons. The molecule has 2 heterocycles. The maximum absolute atomic E-state index is 8.62. The molecule has 0 saturated carbocycles. The third kappa shape index (κ3) is 3.93. The number of nitrogens with zero attached hydrogens (tertiary/aromatic N) is 1. The first kappa shape index (κ1) is 12.2. The molecule has 1 N–H and O–H groups in total. The zero-order valence-electron chi connectivity index (χ0n) is 9.05. The molecule has 5 heteroatoms. The summed E-state index contributed by atoms with van der Waals surface area (Å²) in [5.74, 6) is 6.75. The van der Waals surface area contributed by atoms with E-state index in [0.717, 1.165) is 11.3 Å². The Morgan fingerprint density at radius 3 is 3.24 bits per heavy atom. The van der Waals surface area contributed by atoms with Crippen LogP contribution in [0, 0.1) is 11.8 Å². The van der Waals surface area contributed by atoms with Crippen molar-refractivity contribution < 1.29 is 9.52 Å². The quantitative estimate of drug-likeness (QED) is 0.682. The van der Waals surface area contributed by atoms with Gasteiger partial charge in [-0.3, -0.25) is 0 Å². The van der Waals surface area contributed by atoms with Gasteiger partial charge in [0.1, 0.15) is 6.26 Å². The number of aromatic nitrogens is 1. The SMILES string of the molecule is OCCC#Cc1csc(CSc2ncco2)c1. The molecule has 17 heavy (non-hydrogen) atoms. The smallest absolute Gasteiger partial charge is 0.255 e. The summed E-state index contributed by atoms with van der Waals surface area (Å²) < 4.78 is 5.14. The average Bonchev–Trinajstić information content (AvgIpc) is 2.98. The summed E-state index contributed by atoms with van der Waals surface area (Å²) in [6.07, 6.45) is 3.74. The zero-order chi connectivity index (χ0) is 11.9. The number of hydrogen-bond donors (Lipinski definition) is 1. The number of aliphatic hydroxyl groups excluding tert-OH is 1. The minimum Gasteiger partial charge on any atom is -0.440 e. The Hall–Kier alpha value is -1.22. The molecule has 0 aliphatic rings. The lowest BCUT2D eigenvalue weighted by Gasteiger charge is -1.91. The fourth-order valence-corrected chi connectivity index (χ4v) is 2.81. The Bertz CT molecular complexity index is 508. The minimum atomic E-state index is 0.115. The number of aliphatic hydroxyl groups is 1. The Balaban J connectivity index is 1.88. The van der Waals surface area contributed by atoms with Crippen molar-refractivity contribution in [3.8, 4) is 11.8 Å². The van der Waals surface area contributed by atoms with Gasteiger partial charge < -0.3 is 9.52 Å². The molecular formula is C12H11NO2S2. The maximum Gasteiger partial charge on any atom is 0.255 e. The molecule has 0 saturated heterocycles. The van der Waals surface area contributed by atoms with Crippen molar-refractivity contribution in [2.24, 2.45) is 0 Å². The van der Waals surface area contributed by atoms with Gasteiger partial charge in [0.05, 0.1) is 12.8 Å². The number of hydrogen-bond acceptors (Lipinski definition) is 5. The summed E-state index contributed by atoms with van der Waals surface area (Å²) in [5.41, 5.74) is 1.01. The highest BCUT2D eigenvalue weighted by Gasteiger charge is 2.02. The van der Waals surface area contributed by atoms with Crippen molar-refractivity contribution in [3.05, 3.63) is 34.3 Å². The lowest BCUT2D eigenvalue weighted by atomic mass is 10.3. The Kier molecular flexibility index (Phi) is 4.68. The van der Waals surface area contributed by atoms with E-state index in [-0.39, 0.29) is 6.61 Å². The zero-order valence-corrected chi connectivity index (χ0v) is 10.7. The molecule has 0 aromatic carbocycles. The lowest BCUT2D eigenvalue weighted by Crippen LogP contribution is -1.76. The van der Waals surface area contributed by atoms with Crippen molar-refractivity contribution >= 4 is 23.1 Å². The number of rotatable bonds is 4. The molecule has 0 bridgehead atoms. The largest absolute Gasteiger partial charge is 0.440 e. The van der Waals surface area contributed by atoms with E-state index in [2.05, 4.69) is 22.9 Å². The highest BCUT2D eigenvalue weighted by molar-refractivity contribution is 7.98. The highest BCUT2D eigenvalue weighted by Crippen LogP contribution is 2.24. The molecule has 3 nitrogen and oxygen atoms in total. The minimum absolute atomic E-state index is 0.115. The van der Waals surface area contributed by atoms with Crippen molar-refractivity contribution in [1.29, 1.82) is 0 Å². The van der Waals surface area contributed by atoms with Crippen LogP contribution in [0.5, 0.6) is 0 Å². The maximum atomic E-state index is 8.62. The van der Waals surface area contributed by atoms with Gasteiger partial charge in [0.25, 0.3) is 5.22 Å². The van der Waals surface area contributed by atoms with E-state index in [1.807, 2.05) is 5.38 Å². The van der Waals surface area contributed by atoms with Crippen LogP contribution in [0.15, 0.2) is 33.5 Å². The van der Waals surface area contributed by atoms with Crippen molar-refractivity contribution in [2.45, 2.75) is 17.4 Å². The van der Waals surface area contributed by atoms with Gasteiger partial charge in [0.15, 0.2) is 0 Å². The van der Waals surface area contributed by atoms with E-state index >= 15 is 0 Å². The molecule has 2 aromatic heterocycles. The van der Waals surface area contributed by atoms with E-state index in [1.165, 1.54) is 4.88 Å². The third-order valence-electron chi connectivity index (χ3n) is 1.87. The normalized spacial score (nSPS) is 9.94. The second kappa shape index (κ2) is 6.50. The molecule has 0 atom stereocenters. The standard InChI is InChI=1S/C12H11NO2S2/c14-5-2-1-3-10-7-11(16-8-10)9-17-12-13-4-6-15-12/h4,6-8,14H,2,5,9H2. The van der Waals surface area contributed by atoms with Crippen LogP contribution in [0.2, 0.25) is 0 Å². The van der Waals surface area contributed by atoms with Crippen LogP contribution >= 0.6 is 23.1 Å². The number of oxazole rings is 1. The van der Waals surface area contributed by atoms with Crippen LogP contribution in [0.25, 0.3) is 0 Å². The van der Waals surface area contributed by atoms with Gasteiger partial charge in [-0.05, 0) is 6.07 Å². The summed E-state index contributed by atoms with van der Waals surface area (Å²) in [6.45, 7) is 0.115. The summed E-state index contributed by atoms with van der Waals surface area (Å²) in [6, 6.07) is 2.06. The van der Waals surface area contributed by atoms with Crippen LogP contribution in [-0.2, 0) is 5.75 Å². The van der Waals surface area contributed by atoms with Crippen LogP contribution in [0.4, 0.5) is 0 Å². The Morgan fingerprint density at radius 2 is 2.47 bits per heavy atom. The van der Waals surface area contributed by atoms with Gasteiger partial charge in [0.2, 0.25) is 0 Å². The Labute approximate surface area is 108 Å². The molecular weight excluding hydrogens is 254 g/mol. The van der Waals surface area contributed by atoms with Gasteiger partial charge in [-0.1, -0.05) is 23.6 Å². The summed E-state index contributed by atoms with van der Waals surface area (Å²) in [4.78, 5) is 5.28. The number of thiophene rings is 1. The lowest BCUT2D eigenvalue weighted by molar-refractivity contribution is 0.305. The van der Waals surface area contributed by atoms with Gasteiger partial charge in [0, 0.05) is 28.0 Å². The van der Waals surface area contributed by atoms with E-state index in [1.54, 1.807) is 35.6 Å². The second-order valence-corrected chi connectivity index (χ2v) is 5.09. The van der Waals surface area contributed by atoms with Gasteiger partial charge in [-0.15, -0.1) is 11.3 Å². The van der Waals surface area contributed by atoms with Crippen LogP contribution in [0.1, 0.15) is 16.9 Å². The van der Waals surface area contributed by atoms with Crippen molar-refractivity contribution in [3.63, 3.8) is 0 Å². The highest BCUT2D eigenvalue weighted by atomic mass is 32.2. The van der Waals surface area contributed by atoms with Gasteiger partial charge >= 0.3 is 0 Å². The molecule has 0 unspecified atom stereocenters. The predicted molar refractivity (Wildman–Crippen MR) is 69.0 cm³/mol. The first-order valence-corrected chi connectivity index (χ1v) is 6.94. The molecule has 0 aliphatic heterocycles. The molecule has 0 spiro atoms. The molecule has 0 amide bonds. The van der Waals surface area contributed by atoms with Crippen molar-refractivity contribution in [2.75, 3.05) is 6.61 Å². The molecule has 88 valence electrons. The van der Waals surface area contributed by atoms with Crippen LogP contribution in [0.3, 0.4) is 0 Å². The fourth-order valence-electron chi connectivity index (χ4n) is 1.16. The molecule has 2 rings (SSSR count). The second-order valence-electron chi connectivity index (χ2n) is 3.16. The van der Waals surface area contributed by atoms with E-state index in [4.69, 9.17) is 9.52 Å². The average molecular weight is 265 g/mol.